The number of likely N-dealkylation sites (N-methyl/N-ethyl adjacent to an activating group) is 1. The average molecular weight is 228 g/mol. The van der Waals surface area contributed by atoms with Crippen LogP contribution < -0.4 is 0 Å². The van der Waals surface area contributed by atoms with Crippen molar-refractivity contribution in [2.75, 3.05) is 20.1 Å². The number of nitrogens with zero attached hydrogens (tertiary/aromatic N) is 2. The van der Waals surface area contributed by atoms with Crippen molar-refractivity contribution in [3.8, 4) is 0 Å². The molecule has 1 saturated heterocycles. The fourth-order valence-electron chi connectivity index (χ4n) is 1.83. The maximum absolute atomic E-state index is 11.7. The average Bonchev–Trinajstić information content (AvgIpc) is 2.10. The Hall–Kier alpha value is -1.10. The Morgan fingerprint density at radius 1 is 1.50 bits per heavy atom. The minimum absolute atomic E-state index is 0.00701. The number of carbonyl (C=O) groups excluding carboxylic acids is 1. The molecule has 16 heavy (non-hydrogen) atoms. The van der Waals surface area contributed by atoms with Crippen molar-refractivity contribution in [2.45, 2.75) is 38.8 Å². The summed E-state index contributed by atoms with van der Waals surface area (Å²) in [5.41, 5.74) is -0.103. The molecule has 1 amide bonds. The lowest BCUT2D eigenvalue weighted by atomic mass is 10.0. The fraction of sp³-hybridized carbons (Fsp3) is 0.818. The second kappa shape index (κ2) is 4.41. The van der Waals surface area contributed by atoms with E-state index in [1.54, 1.807) is 11.9 Å². The van der Waals surface area contributed by atoms with Gasteiger partial charge < -0.3 is 10.0 Å². The highest BCUT2D eigenvalue weighted by molar-refractivity contribution is 5.80. The third-order valence-corrected chi connectivity index (χ3v) is 3.06. The predicted molar refractivity (Wildman–Crippen MR) is 60.1 cm³/mol. The van der Waals surface area contributed by atoms with Gasteiger partial charge in [0, 0.05) is 19.1 Å². The first-order valence-corrected chi connectivity index (χ1v) is 5.44. The van der Waals surface area contributed by atoms with Gasteiger partial charge in [0.05, 0.1) is 19.0 Å². The minimum atomic E-state index is -0.861. The summed E-state index contributed by atoms with van der Waals surface area (Å²) in [7, 11) is 1.68. The van der Waals surface area contributed by atoms with Gasteiger partial charge in [-0.05, 0) is 20.8 Å². The van der Waals surface area contributed by atoms with Crippen LogP contribution >= 0.6 is 0 Å². The van der Waals surface area contributed by atoms with Crippen molar-refractivity contribution in [3.05, 3.63) is 0 Å². The van der Waals surface area contributed by atoms with Crippen LogP contribution in [0.5, 0.6) is 0 Å². The summed E-state index contributed by atoms with van der Waals surface area (Å²) in [4.78, 5) is 26.0. The first kappa shape index (κ1) is 13.0. The van der Waals surface area contributed by atoms with Gasteiger partial charge in [0.2, 0.25) is 5.91 Å². The molecule has 1 aliphatic heterocycles. The van der Waals surface area contributed by atoms with Crippen molar-refractivity contribution in [3.63, 3.8) is 0 Å². The predicted octanol–water partition coefficient (Wildman–Crippen LogP) is 0.402. The summed E-state index contributed by atoms with van der Waals surface area (Å²) < 4.78 is 0. The van der Waals surface area contributed by atoms with E-state index >= 15 is 0 Å². The molecular weight excluding hydrogens is 208 g/mol. The highest BCUT2D eigenvalue weighted by Crippen LogP contribution is 2.20. The molecule has 1 aliphatic rings. The molecule has 1 fully saturated rings. The zero-order valence-electron chi connectivity index (χ0n) is 10.4. The quantitative estimate of drug-likeness (QED) is 0.743. The maximum Gasteiger partial charge on any atom is 0.305 e. The molecule has 1 unspecified atom stereocenters. The lowest BCUT2D eigenvalue weighted by Crippen LogP contribution is -2.60. The highest BCUT2D eigenvalue weighted by Gasteiger charge is 2.35. The summed E-state index contributed by atoms with van der Waals surface area (Å²) in [5.74, 6) is -0.868. The summed E-state index contributed by atoms with van der Waals surface area (Å²) in [6.07, 6.45) is 0.00875. The number of carboxylic acid groups (broad SMARTS) is 1. The van der Waals surface area contributed by atoms with E-state index in [0.717, 1.165) is 0 Å². The molecule has 0 bridgehead atoms. The van der Waals surface area contributed by atoms with Crippen LogP contribution in [0.25, 0.3) is 0 Å². The van der Waals surface area contributed by atoms with E-state index in [4.69, 9.17) is 5.11 Å². The molecule has 0 aliphatic carbocycles. The van der Waals surface area contributed by atoms with Gasteiger partial charge in [0.15, 0.2) is 0 Å². The molecule has 0 radical (unpaired) electrons. The van der Waals surface area contributed by atoms with Crippen molar-refractivity contribution >= 4 is 11.9 Å². The largest absolute Gasteiger partial charge is 0.481 e. The van der Waals surface area contributed by atoms with Crippen molar-refractivity contribution in [1.29, 1.82) is 0 Å². The first-order chi connectivity index (χ1) is 7.21. The standard InChI is InChI=1S/C11H20N2O3/c1-11(2,3)13-6-8(5-10(15)16)12(4)9(14)7-13/h8H,5-7H2,1-4H3,(H,15,16). The van der Waals surface area contributed by atoms with Crippen molar-refractivity contribution in [2.24, 2.45) is 0 Å². The van der Waals surface area contributed by atoms with E-state index in [-0.39, 0.29) is 23.9 Å². The van der Waals surface area contributed by atoms with Crippen molar-refractivity contribution in [1.82, 2.24) is 9.80 Å². The second-order valence-electron chi connectivity index (χ2n) is 5.31. The van der Waals surface area contributed by atoms with Crippen molar-refractivity contribution < 1.29 is 14.7 Å². The molecule has 0 spiro atoms. The topological polar surface area (TPSA) is 60.9 Å². The Bertz CT molecular complexity index is 296. The highest BCUT2D eigenvalue weighted by atomic mass is 16.4. The SMILES string of the molecule is CN1C(=O)CN(C(C)(C)C)CC1CC(=O)O. The molecule has 5 heteroatoms. The Labute approximate surface area is 96.0 Å². The van der Waals surface area contributed by atoms with Crippen LogP contribution in [0, 0.1) is 0 Å². The van der Waals surface area contributed by atoms with E-state index < -0.39 is 5.97 Å². The summed E-state index contributed by atoms with van der Waals surface area (Å²) in [6, 6.07) is -0.224. The molecule has 1 atom stereocenters. The lowest BCUT2D eigenvalue weighted by molar-refractivity contribution is -0.145. The van der Waals surface area contributed by atoms with Crippen LogP contribution in [-0.4, -0.2) is 58.5 Å². The number of hydrogen-bond acceptors (Lipinski definition) is 3. The smallest absolute Gasteiger partial charge is 0.305 e. The molecular formula is C11H20N2O3. The number of rotatable bonds is 2. The maximum atomic E-state index is 11.7. The van der Waals surface area contributed by atoms with Gasteiger partial charge in [0.1, 0.15) is 0 Å². The molecule has 1 N–H and O–H groups in total. The molecule has 1 rings (SSSR count). The number of carboxylic acids is 1. The Balaban J connectivity index is 2.77. The van der Waals surface area contributed by atoms with Gasteiger partial charge in [0.25, 0.3) is 0 Å². The Morgan fingerprint density at radius 2 is 2.06 bits per heavy atom. The molecule has 0 aromatic heterocycles. The van der Waals surface area contributed by atoms with Crippen LogP contribution in [0.3, 0.4) is 0 Å². The molecule has 5 nitrogen and oxygen atoms in total. The zero-order chi connectivity index (χ0) is 12.5. The van der Waals surface area contributed by atoms with E-state index in [9.17, 15) is 9.59 Å². The molecule has 1 heterocycles. The third-order valence-electron chi connectivity index (χ3n) is 3.06. The van der Waals surface area contributed by atoms with Gasteiger partial charge in [-0.15, -0.1) is 0 Å². The van der Waals surface area contributed by atoms with Gasteiger partial charge in [-0.3, -0.25) is 14.5 Å². The third kappa shape index (κ3) is 2.95. The van der Waals surface area contributed by atoms with E-state index in [2.05, 4.69) is 0 Å². The fourth-order valence-corrected chi connectivity index (χ4v) is 1.83. The van der Waals surface area contributed by atoms with Crippen LogP contribution in [0.4, 0.5) is 0 Å². The van der Waals surface area contributed by atoms with Crippen LogP contribution in [0.1, 0.15) is 27.2 Å². The van der Waals surface area contributed by atoms with E-state index in [0.29, 0.717) is 13.1 Å². The summed E-state index contributed by atoms with van der Waals surface area (Å²) in [6.45, 7) is 7.09. The summed E-state index contributed by atoms with van der Waals surface area (Å²) >= 11 is 0. The Morgan fingerprint density at radius 3 is 2.50 bits per heavy atom. The van der Waals surface area contributed by atoms with Crippen LogP contribution in [0.2, 0.25) is 0 Å². The number of carbonyl (C=O) groups is 2. The van der Waals surface area contributed by atoms with Crippen LogP contribution in [-0.2, 0) is 9.59 Å². The molecule has 0 aromatic rings. The monoisotopic (exact) mass is 228 g/mol. The van der Waals surface area contributed by atoms with Gasteiger partial charge in [-0.1, -0.05) is 0 Å². The summed E-state index contributed by atoms with van der Waals surface area (Å²) in [5, 5.41) is 8.80. The first-order valence-electron chi connectivity index (χ1n) is 5.44. The Kier molecular flexibility index (Phi) is 3.57. The number of hydrogen-bond donors (Lipinski definition) is 1. The normalized spacial score (nSPS) is 23.6. The van der Waals surface area contributed by atoms with Gasteiger partial charge in [-0.25, -0.2) is 0 Å². The lowest BCUT2D eigenvalue weighted by Gasteiger charge is -2.44. The number of piperazine rings is 1. The van der Waals surface area contributed by atoms with Crippen LogP contribution in [0.15, 0.2) is 0 Å². The zero-order valence-corrected chi connectivity index (χ0v) is 10.4. The molecule has 92 valence electrons. The number of amides is 1. The second-order valence-corrected chi connectivity index (χ2v) is 5.31. The number of aliphatic carboxylic acids is 1. The molecule has 0 saturated carbocycles. The van der Waals surface area contributed by atoms with Gasteiger partial charge >= 0.3 is 5.97 Å². The molecule has 0 aromatic carbocycles. The minimum Gasteiger partial charge on any atom is -0.481 e. The van der Waals surface area contributed by atoms with E-state index in [1.165, 1.54) is 0 Å². The van der Waals surface area contributed by atoms with E-state index in [1.807, 2.05) is 25.7 Å². The van der Waals surface area contributed by atoms with Gasteiger partial charge in [-0.2, -0.15) is 0 Å².